The Balaban J connectivity index is 1.47. The highest BCUT2D eigenvalue weighted by Gasteiger charge is 2.28. The average molecular weight is 463 g/mol. The third-order valence-corrected chi connectivity index (χ3v) is 5.80. The maximum Gasteiger partial charge on any atom is 0.271 e. The maximum atomic E-state index is 13.0. The van der Waals surface area contributed by atoms with Gasteiger partial charge >= 0.3 is 0 Å². The van der Waals surface area contributed by atoms with Crippen LogP contribution in [0.25, 0.3) is 11.3 Å². The highest BCUT2D eigenvalue weighted by Crippen LogP contribution is 2.31. The third kappa shape index (κ3) is 4.90. The largest absolute Gasteiger partial charge is 0.496 e. The SMILES string of the molecule is COc1ccc([N+](=O)[O-])cc1NC(=O)C1CCCN(c2ccc(-c3ccccc3OC)nn2)C1. The number of nitro groups is 1. The third-order valence-electron chi connectivity index (χ3n) is 5.80. The standard InChI is InChI=1S/C24H25N5O5/c1-33-21-8-4-3-7-18(21)19-10-12-23(27-26-19)28-13-5-6-16(15-28)24(30)25-20-14-17(29(31)32)9-11-22(20)34-2/h3-4,7-12,14,16H,5-6,13,15H2,1-2H3,(H,25,30). The molecular weight excluding hydrogens is 438 g/mol. The topological polar surface area (TPSA) is 120 Å². The Morgan fingerprint density at radius 1 is 1.09 bits per heavy atom. The number of piperidine rings is 1. The van der Waals surface area contributed by atoms with Crippen LogP contribution in [0.5, 0.6) is 11.5 Å². The smallest absolute Gasteiger partial charge is 0.271 e. The van der Waals surface area contributed by atoms with Crippen molar-refractivity contribution in [3.63, 3.8) is 0 Å². The van der Waals surface area contributed by atoms with Crippen LogP contribution in [0.15, 0.2) is 54.6 Å². The van der Waals surface area contributed by atoms with Crippen LogP contribution in [0.2, 0.25) is 0 Å². The summed E-state index contributed by atoms with van der Waals surface area (Å²) in [6, 6.07) is 15.5. The minimum atomic E-state index is -0.509. The van der Waals surface area contributed by atoms with Crippen molar-refractivity contribution in [3.05, 3.63) is 64.7 Å². The molecule has 0 spiro atoms. The molecule has 0 saturated carbocycles. The Labute approximate surface area is 196 Å². The van der Waals surface area contributed by atoms with E-state index in [0.717, 1.165) is 24.3 Å². The molecule has 176 valence electrons. The Kier molecular flexibility index (Phi) is 6.86. The van der Waals surface area contributed by atoms with E-state index in [2.05, 4.69) is 15.5 Å². The number of methoxy groups -OCH3 is 2. The summed E-state index contributed by atoms with van der Waals surface area (Å²) >= 11 is 0. The second kappa shape index (κ2) is 10.2. The summed E-state index contributed by atoms with van der Waals surface area (Å²) in [5.41, 5.74) is 1.71. The molecule has 0 aliphatic carbocycles. The summed E-state index contributed by atoms with van der Waals surface area (Å²) in [5, 5.41) is 22.7. The Morgan fingerprint density at radius 2 is 1.88 bits per heavy atom. The molecule has 1 N–H and O–H groups in total. The molecule has 1 atom stereocenters. The Morgan fingerprint density at radius 3 is 2.59 bits per heavy atom. The molecule has 1 unspecified atom stereocenters. The van der Waals surface area contributed by atoms with E-state index >= 15 is 0 Å². The minimum Gasteiger partial charge on any atom is -0.496 e. The van der Waals surface area contributed by atoms with Gasteiger partial charge in [-0.1, -0.05) is 12.1 Å². The first-order valence-corrected chi connectivity index (χ1v) is 10.9. The number of nitrogens with zero attached hydrogens (tertiary/aromatic N) is 4. The van der Waals surface area contributed by atoms with Crippen LogP contribution < -0.4 is 19.7 Å². The van der Waals surface area contributed by atoms with Crippen molar-refractivity contribution >= 4 is 23.1 Å². The fourth-order valence-electron chi connectivity index (χ4n) is 4.04. The molecule has 1 amide bonds. The number of aromatic nitrogens is 2. The van der Waals surface area contributed by atoms with E-state index in [1.165, 1.54) is 25.3 Å². The summed E-state index contributed by atoms with van der Waals surface area (Å²) in [7, 11) is 3.06. The van der Waals surface area contributed by atoms with Gasteiger partial charge in [-0.2, -0.15) is 0 Å². The highest BCUT2D eigenvalue weighted by molar-refractivity contribution is 5.94. The summed E-state index contributed by atoms with van der Waals surface area (Å²) in [6.45, 7) is 1.22. The molecule has 1 aromatic heterocycles. The van der Waals surface area contributed by atoms with E-state index in [-0.39, 0.29) is 23.2 Å². The van der Waals surface area contributed by atoms with Gasteiger partial charge in [0.15, 0.2) is 5.82 Å². The minimum absolute atomic E-state index is 0.119. The number of amides is 1. The lowest BCUT2D eigenvalue weighted by atomic mass is 9.97. The summed E-state index contributed by atoms with van der Waals surface area (Å²) in [5.74, 6) is 1.24. The van der Waals surface area contributed by atoms with E-state index in [4.69, 9.17) is 9.47 Å². The van der Waals surface area contributed by atoms with Crippen molar-refractivity contribution in [1.29, 1.82) is 0 Å². The zero-order valence-electron chi connectivity index (χ0n) is 18.9. The summed E-state index contributed by atoms with van der Waals surface area (Å²) in [4.78, 5) is 25.6. The predicted octanol–water partition coefficient (Wildman–Crippen LogP) is 3.92. The molecule has 0 bridgehead atoms. The van der Waals surface area contributed by atoms with Crippen LogP contribution in [-0.2, 0) is 4.79 Å². The van der Waals surface area contributed by atoms with Gasteiger partial charge in [0.1, 0.15) is 11.5 Å². The van der Waals surface area contributed by atoms with Gasteiger partial charge in [-0.25, -0.2) is 0 Å². The molecule has 34 heavy (non-hydrogen) atoms. The van der Waals surface area contributed by atoms with Crippen molar-refractivity contribution in [2.45, 2.75) is 12.8 Å². The van der Waals surface area contributed by atoms with E-state index < -0.39 is 4.92 Å². The van der Waals surface area contributed by atoms with Crippen molar-refractivity contribution in [3.8, 4) is 22.8 Å². The number of rotatable bonds is 7. The number of non-ortho nitro benzene ring substituents is 1. The normalized spacial score (nSPS) is 15.5. The lowest BCUT2D eigenvalue weighted by molar-refractivity contribution is -0.384. The molecule has 3 aromatic rings. The van der Waals surface area contributed by atoms with Gasteiger partial charge in [0, 0.05) is 30.8 Å². The number of ether oxygens (including phenoxy) is 2. The van der Waals surface area contributed by atoms with Gasteiger partial charge in [-0.15, -0.1) is 10.2 Å². The average Bonchev–Trinajstić information content (AvgIpc) is 2.88. The molecule has 10 heteroatoms. The van der Waals surface area contributed by atoms with E-state index in [1.807, 2.05) is 41.3 Å². The number of carbonyl (C=O) groups is 1. The van der Waals surface area contributed by atoms with Crippen LogP contribution in [-0.4, -0.2) is 48.3 Å². The number of nitrogens with one attached hydrogen (secondary N) is 1. The van der Waals surface area contributed by atoms with Crippen LogP contribution >= 0.6 is 0 Å². The fourth-order valence-corrected chi connectivity index (χ4v) is 4.04. The number of benzene rings is 2. The number of para-hydroxylation sites is 1. The number of carbonyl (C=O) groups excluding carboxylic acids is 1. The predicted molar refractivity (Wildman–Crippen MR) is 127 cm³/mol. The lowest BCUT2D eigenvalue weighted by Gasteiger charge is -2.32. The Hall–Kier alpha value is -4.21. The van der Waals surface area contributed by atoms with Crippen LogP contribution in [0, 0.1) is 16.0 Å². The molecule has 1 aliphatic rings. The number of hydrogen-bond donors (Lipinski definition) is 1. The van der Waals surface area contributed by atoms with Crippen molar-refractivity contribution in [1.82, 2.24) is 10.2 Å². The molecule has 1 fully saturated rings. The van der Waals surface area contributed by atoms with Crippen molar-refractivity contribution < 1.29 is 19.2 Å². The zero-order valence-corrected chi connectivity index (χ0v) is 18.9. The Bertz CT molecular complexity index is 1180. The first-order valence-electron chi connectivity index (χ1n) is 10.9. The first-order chi connectivity index (χ1) is 16.5. The van der Waals surface area contributed by atoms with Crippen LogP contribution in [0.4, 0.5) is 17.2 Å². The fraction of sp³-hybridized carbons (Fsp3) is 0.292. The summed E-state index contributed by atoms with van der Waals surface area (Å²) in [6.07, 6.45) is 1.51. The van der Waals surface area contributed by atoms with Crippen LogP contribution in [0.3, 0.4) is 0 Å². The van der Waals surface area contributed by atoms with Gasteiger partial charge in [-0.3, -0.25) is 14.9 Å². The molecular formula is C24H25N5O5. The highest BCUT2D eigenvalue weighted by atomic mass is 16.6. The van der Waals surface area contributed by atoms with Gasteiger partial charge in [0.2, 0.25) is 5.91 Å². The number of nitro benzene ring substituents is 1. The van der Waals surface area contributed by atoms with E-state index in [0.29, 0.717) is 30.2 Å². The second-order valence-corrected chi connectivity index (χ2v) is 7.89. The molecule has 10 nitrogen and oxygen atoms in total. The van der Waals surface area contributed by atoms with E-state index in [9.17, 15) is 14.9 Å². The van der Waals surface area contributed by atoms with Gasteiger partial charge in [0.25, 0.3) is 5.69 Å². The molecule has 2 heterocycles. The summed E-state index contributed by atoms with van der Waals surface area (Å²) < 4.78 is 10.7. The van der Waals surface area contributed by atoms with Crippen LogP contribution in [0.1, 0.15) is 12.8 Å². The number of anilines is 2. The molecule has 4 rings (SSSR count). The van der Waals surface area contributed by atoms with Gasteiger partial charge < -0.3 is 19.7 Å². The van der Waals surface area contributed by atoms with Gasteiger partial charge in [0.05, 0.1) is 36.4 Å². The van der Waals surface area contributed by atoms with E-state index in [1.54, 1.807) is 7.11 Å². The molecule has 1 saturated heterocycles. The van der Waals surface area contributed by atoms with Crippen molar-refractivity contribution in [2.75, 3.05) is 37.5 Å². The second-order valence-electron chi connectivity index (χ2n) is 7.89. The molecule has 2 aromatic carbocycles. The molecule has 1 aliphatic heterocycles. The van der Waals surface area contributed by atoms with Gasteiger partial charge in [-0.05, 0) is 43.2 Å². The van der Waals surface area contributed by atoms with Crippen molar-refractivity contribution in [2.24, 2.45) is 5.92 Å². The zero-order chi connectivity index (χ0) is 24.1. The number of hydrogen-bond acceptors (Lipinski definition) is 8. The molecule has 0 radical (unpaired) electrons. The quantitative estimate of drug-likeness (QED) is 0.413. The maximum absolute atomic E-state index is 13.0. The first kappa shape index (κ1) is 23.0. The lowest BCUT2D eigenvalue weighted by Crippen LogP contribution is -2.41. The monoisotopic (exact) mass is 463 g/mol.